The molecule has 2 aliphatic heterocycles. The summed E-state index contributed by atoms with van der Waals surface area (Å²) in [6, 6.07) is 9.26. The number of rotatable bonds is 5. The molecular weight excluding hydrogens is 439 g/mol. The fourth-order valence-corrected chi connectivity index (χ4v) is 4.30. The lowest BCUT2D eigenvalue weighted by Gasteiger charge is -2.35. The van der Waals surface area contributed by atoms with Crippen molar-refractivity contribution in [3.05, 3.63) is 68.5 Å². The van der Waals surface area contributed by atoms with E-state index in [4.69, 9.17) is 16.3 Å². The molecule has 10 heteroatoms. The molecule has 2 aliphatic rings. The number of halogens is 2. The number of nitro benzene ring substituents is 1. The highest BCUT2D eigenvalue weighted by Gasteiger charge is 2.27. The summed E-state index contributed by atoms with van der Waals surface area (Å²) >= 11 is 6.12. The van der Waals surface area contributed by atoms with Gasteiger partial charge in [-0.1, -0.05) is 17.7 Å². The lowest BCUT2D eigenvalue weighted by molar-refractivity contribution is -0.384. The fourth-order valence-electron chi connectivity index (χ4n) is 4.07. The van der Waals surface area contributed by atoms with E-state index in [-0.39, 0.29) is 17.4 Å². The van der Waals surface area contributed by atoms with Gasteiger partial charge in [-0.05, 0) is 24.3 Å². The first-order chi connectivity index (χ1) is 15.4. The van der Waals surface area contributed by atoms with Gasteiger partial charge in [0.1, 0.15) is 11.5 Å². The second-order valence-electron chi connectivity index (χ2n) is 7.83. The minimum atomic E-state index is -0.447. The van der Waals surface area contributed by atoms with Crippen molar-refractivity contribution in [2.75, 3.05) is 57.4 Å². The molecule has 0 spiro atoms. The maximum atomic E-state index is 14.1. The number of nitro groups is 1. The van der Waals surface area contributed by atoms with Crippen molar-refractivity contribution in [1.29, 1.82) is 0 Å². The minimum absolute atomic E-state index is 0.0782. The first-order valence-corrected chi connectivity index (χ1v) is 10.9. The number of carbonyl (C=O) groups is 1. The third-order valence-electron chi connectivity index (χ3n) is 5.87. The number of morpholine rings is 1. The largest absolute Gasteiger partial charge is 0.378 e. The molecule has 170 valence electrons. The van der Waals surface area contributed by atoms with Gasteiger partial charge in [-0.3, -0.25) is 19.8 Å². The number of carbonyl (C=O) groups excluding carboxylic acids is 1. The van der Waals surface area contributed by atoms with Crippen molar-refractivity contribution < 1.29 is 18.8 Å². The van der Waals surface area contributed by atoms with E-state index < -0.39 is 4.92 Å². The van der Waals surface area contributed by atoms with Crippen LogP contribution in [0.5, 0.6) is 0 Å². The Morgan fingerprint density at radius 1 is 1.09 bits per heavy atom. The van der Waals surface area contributed by atoms with Crippen molar-refractivity contribution >= 4 is 28.9 Å². The van der Waals surface area contributed by atoms with Gasteiger partial charge in [-0.25, -0.2) is 4.39 Å². The zero-order valence-corrected chi connectivity index (χ0v) is 18.3. The molecule has 0 saturated carbocycles. The summed E-state index contributed by atoms with van der Waals surface area (Å²) in [5.74, 6) is -0.589. The van der Waals surface area contributed by atoms with E-state index in [9.17, 15) is 19.3 Å². The zero-order valence-electron chi connectivity index (χ0n) is 17.5. The van der Waals surface area contributed by atoms with Crippen LogP contribution in [0.4, 0.5) is 15.8 Å². The molecule has 8 nitrogen and oxygen atoms in total. The molecule has 2 aromatic carbocycles. The smallest absolute Gasteiger partial charge is 0.293 e. The third-order valence-corrected chi connectivity index (χ3v) is 6.23. The number of benzene rings is 2. The Hall–Kier alpha value is -2.75. The number of piperazine rings is 1. The van der Waals surface area contributed by atoms with Crippen LogP contribution in [0.2, 0.25) is 5.02 Å². The average Bonchev–Trinajstić information content (AvgIpc) is 2.81. The maximum absolute atomic E-state index is 14.1. The first kappa shape index (κ1) is 22.4. The number of amides is 1. The lowest BCUT2D eigenvalue weighted by atomic mass is 10.1. The highest BCUT2D eigenvalue weighted by molar-refractivity contribution is 6.31. The van der Waals surface area contributed by atoms with Crippen LogP contribution in [-0.2, 0) is 11.3 Å². The predicted octanol–water partition coefficient (Wildman–Crippen LogP) is 3.18. The van der Waals surface area contributed by atoms with E-state index in [0.29, 0.717) is 80.9 Å². The van der Waals surface area contributed by atoms with Crippen LogP contribution in [0.1, 0.15) is 15.9 Å². The molecule has 2 heterocycles. The molecule has 0 unspecified atom stereocenters. The Morgan fingerprint density at radius 3 is 2.47 bits per heavy atom. The summed E-state index contributed by atoms with van der Waals surface area (Å²) < 4.78 is 19.4. The summed E-state index contributed by atoms with van der Waals surface area (Å²) in [6.07, 6.45) is 0. The summed E-state index contributed by atoms with van der Waals surface area (Å²) in [6.45, 7) is 4.56. The lowest BCUT2D eigenvalue weighted by Crippen LogP contribution is -2.48. The number of nitrogens with zero attached hydrogens (tertiary/aromatic N) is 4. The van der Waals surface area contributed by atoms with Gasteiger partial charge in [0, 0.05) is 68.0 Å². The number of hydrogen-bond donors (Lipinski definition) is 0. The van der Waals surface area contributed by atoms with Gasteiger partial charge in [0.15, 0.2) is 0 Å². The van der Waals surface area contributed by atoms with Gasteiger partial charge in [-0.15, -0.1) is 0 Å². The van der Waals surface area contributed by atoms with Crippen LogP contribution >= 0.6 is 11.6 Å². The molecule has 2 saturated heterocycles. The molecule has 2 fully saturated rings. The molecule has 0 aliphatic carbocycles. The van der Waals surface area contributed by atoms with Crippen LogP contribution in [-0.4, -0.2) is 73.1 Å². The first-order valence-electron chi connectivity index (χ1n) is 10.5. The summed E-state index contributed by atoms with van der Waals surface area (Å²) in [5, 5.41) is 12.0. The molecule has 0 atom stereocenters. The number of anilines is 1. The highest BCUT2D eigenvalue weighted by atomic mass is 35.5. The minimum Gasteiger partial charge on any atom is -0.378 e. The summed E-state index contributed by atoms with van der Waals surface area (Å²) in [4.78, 5) is 29.8. The molecular formula is C22H24ClFN4O4. The highest BCUT2D eigenvalue weighted by Crippen LogP contribution is 2.30. The SMILES string of the molecule is O=C(c1ccc(N2CCOCC2)c([N+](=O)[O-])c1)N1CCN(Cc2c(F)cccc2Cl)CC1. The van der Waals surface area contributed by atoms with Gasteiger partial charge >= 0.3 is 0 Å². The fraction of sp³-hybridized carbons (Fsp3) is 0.409. The van der Waals surface area contributed by atoms with Crippen molar-refractivity contribution in [2.45, 2.75) is 6.54 Å². The molecule has 0 radical (unpaired) electrons. The van der Waals surface area contributed by atoms with Crippen LogP contribution in [0.15, 0.2) is 36.4 Å². The predicted molar refractivity (Wildman–Crippen MR) is 119 cm³/mol. The van der Waals surface area contributed by atoms with Crippen molar-refractivity contribution in [2.24, 2.45) is 0 Å². The topological polar surface area (TPSA) is 79.2 Å². The number of hydrogen-bond acceptors (Lipinski definition) is 6. The zero-order chi connectivity index (χ0) is 22.7. The van der Waals surface area contributed by atoms with Crippen LogP contribution < -0.4 is 4.90 Å². The van der Waals surface area contributed by atoms with Gasteiger partial charge in [0.2, 0.25) is 0 Å². The maximum Gasteiger partial charge on any atom is 0.293 e. The van der Waals surface area contributed by atoms with Gasteiger partial charge in [0.05, 0.1) is 18.1 Å². The van der Waals surface area contributed by atoms with Gasteiger partial charge in [-0.2, -0.15) is 0 Å². The van der Waals surface area contributed by atoms with E-state index in [1.165, 1.54) is 12.1 Å². The Morgan fingerprint density at radius 2 is 1.81 bits per heavy atom. The van der Waals surface area contributed by atoms with E-state index in [2.05, 4.69) is 0 Å². The standard InChI is InChI=1S/C22H24ClFN4O4/c23-18-2-1-3-19(24)17(18)15-25-6-8-27(9-7-25)22(29)16-4-5-20(21(14-16)28(30)31)26-10-12-32-13-11-26/h1-5,14H,6-13,15H2. The molecule has 2 aromatic rings. The summed E-state index contributed by atoms with van der Waals surface area (Å²) in [7, 11) is 0. The van der Waals surface area contributed by atoms with Crippen molar-refractivity contribution in [3.8, 4) is 0 Å². The van der Waals surface area contributed by atoms with Crippen molar-refractivity contribution in [1.82, 2.24) is 9.80 Å². The van der Waals surface area contributed by atoms with Gasteiger partial charge < -0.3 is 14.5 Å². The molecule has 4 rings (SSSR count). The Kier molecular flexibility index (Phi) is 6.88. The van der Waals surface area contributed by atoms with E-state index >= 15 is 0 Å². The van der Waals surface area contributed by atoms with Gasteiger partial charge in [0.25, 0.3) is 11.6 Å². The quantitative estimate of drug-likeness (QED) is 0.501. The molecule has 0 N–H and O–H groups in total. The molecule has 32 heavy (non-hydrogen) atoms. The van der Waals surface area contributed by atoms with E-state index in [1.54, 1.807) is 29.2 Å². The monoisotopic (exact) mass is 462 g/mol. The Bertz CT molecular complexity index is 987. The normalized spacial score (nSPS) is 17.4. The van der Waals surface area contributed by atoms with Crippen molar-refractivity contribution in [3.63, 3.8) is 0 Å². The second-order valence-corrected chi connectivity index (χ2v) is 8.24. The number of ether oxygens (including phenoxy) is 1. The molecule has 1 amide bonds. The third kappa shape index (κ3) is 4.85. The Labute approximate surface area is 190 Å². The van der Waals surface area contributed by atoms with Crippen LogP contribution in [0.25, 0.3) is 0 Å². The molecule has 0 bridgehead atoms. The summed E-state index contributed by atoms with van der Waals surface area (Å²) in [5.41, 5.74) is 1.16. The average molecular weight is 463 g/mol. The molecule has 0 aromatic heterocycles. The van der Waals surface area contributed by atoms with Crippen LogP contribution in [0, 0.1) is 15.9 Å². The van der Waals surface area contributed by atoms with E-state index in [0.717, 1.165) is 0 Å². The van der Waals surface area contributed by atoms with E-state index in [1.807, 2.05) is 9.80 Å². The second kappa shape index (κ2) is 9.81. The van der Waals surface area contributed by atoms with Crippen LogP contribution in [0.3, 0.4) is 0 Å². The Balaban J connectivity index is 1.42.